The zero-order valence-corrected chi connectivity index (χ0v) is 9.28. The van der Waals surface area contributed by atoms with Gasteiger partial charge in [0, 0.05) is 24.7 Å². The first-order valence-corrected chi connectivity index (χ1v) is 5.42. The number of rotatable bonds is 5. The summed E-state index contributed by atoms with van der Waals surface area (Å²) in [5.74, 6) is 0.245. The molecule has 0 aliphatic heterocycles. The van der Waals surface area contributed by atoms with Crippen LogP contribution < -0.4 is 0 Å². The zero-order valence-electron chi connectivity index (χ0n) is 9.28. The van der Waals surface area contributed by atoms with E-state index in [2.05, 4.69) is 10.3 Å². The van der Waals surface area contributed by atoms with Gasteiger partial charge in [0.15, 0.2) is 5.78 Å². The number of phenols is 1. The van der Waals surface area contributed by atoms with Gasteiger partial charge in [0.1, 0.15) is 5.75 Å². The molecule has 2 rings (SSSR count). The molecule has 0 bridgehead atoms. The number of nitrogens with zero attached hydrogens (tertiary/aromatic N) is 3. The highest BCUT2D eigenvalue weighted by molar-refractivity contribution is 5.96. The second-order valence-electron chi connectivity index (χ2n) is 3.74. The van der Waals surface area contributed by atoms with Crippen molar-refractivity contribution >= 4 is 5.78 Å². The summed E-state index contributed by atoms with van der Waals surface area (Å²) in [6.45, 7) is 0.684. The van der Waals surface area contributed by atoms with Crippen LogP contribution in [0.3, 0.4) is 0 Å². The van der Waals surface area contributed by atoms with Gasteiger partial charge in [0.05, 0.1) is 6.20 Å². The molecule has 88 valence electrons. The Morgan fingerprint density at radius 3 is 2.71 bits per heavy atom. The number of aromatic hydroxyl groups is 1. The molecule has 0 atom stereocenters. The number of hydrogen-bond acceptors (Lipinski definition) is 4. The van der Waals surface area contributed by atoms with E-state index in [-0.39, 0.29) is 11.5 Å². The van der Waals surface area contributed by atoms with Crippen molar-refractivity contribution < 1.29 is 9.90 Å². The second kappa shape index (κ2) is 5.25. The average molecular weight is 231 g/mol. The van der Waals surface area contributed by atoms with Crippen molar-refractivity contribution in [2.45, 2.75) is 19.4 Å². The average Bonchev–Trinajstić information content (AvgIpc) is 2.83. The smallest absolute Gasteiger partial charge is 0.162 e. The normalized spacial score (nSPS) is 10.4. The summed E-state index contributed by atoms with van der Waals surface area (Å²) in [5.41, 5.74) is 0.626. The number of aryl methyl sites for hydroxylation is 1. The third-order valence-electron chi connectivity index (χ3n) is 2.45. The molecule has 0 fully saturated rings. The minimum atomic E-state index is 0.0742. The van der Waals surface area contributed by atoms with Crippen LogP contribution in [0.2, 0.25) is 0 Å². The first-order chi connectivity index (χ1) is 8.25. The Bertz CT molecular complexity index is 477. The van der Waals surface area contributed by atoms with E-state index >= 15 is 0 Å². The van der Waals surface area contributed by atoms with E-state index in [1.807, 2.05) is 0 Å². The Balaban J connectivity index is 1.83. The van der Waals surface area contributed by atoms with Gasteiger partial charge in [-0.25, -0.2) is 0 Å². The number of hydrogen-bond donors (Lipinski definition) is 1. The minimum Gasteiger partial charge on any atom is -0.508 e. The van der Waals surface area contributed by atoms with Gasteiger partial charge in [0.25, 0.3) is 0 Å². The fourth-order valence-corrected chi connectivity index (χ4v) is 1.55. The van der Waals surface area contributed by atoms with Gasteiger partial charge in [-0.15, -0.1) is 5.10 Å². The quantitative estimate of drug-likeness (QED) is 0.794. The number of benzene rings is 1. The van der Waals surface area contributed by atoms with E-state index in [0.29, 0.717) is 18.5 Å². The van der Waals surface area contributed by atoms with Crippen LogP contribution >= 0.6 is 0 Å². The van der Waals surface area contributed by atoms with Gasteiger partial charge in [0.2, 0.25) is 0 Å². The molecule has 0 spiro atoms. The first-order valence-electron chi connectivity index (χ1n) is 5.42. The van der Waals surface area contributed by atoms with E-state index < -0.39 is 0 Å². The summed E-state index contributed by atoms with van der Waals surface area (Å²) < 4.78 is 1.70. The maximum atomic E-state index is 11.8. The van der Waals surface area contributed by atoms with Crippen LogP contribution in [0, 0.1) is 0 Å². The highest BCUT2D eigenvalue weighted by atomic mass is 16.3. The Labute approximate surface area is 98.7 Å². The molecule has 2 aromatic rings. The largest absolute Gasteiger partial charge is 0.508 e. The van der Waals surface area contributed by atoms with E-state index in [1.54, 1.807) is 29.2 Å². The van der Waals surface area contributed by atoms with Crippen LogP contribution in [0.4, 0.5) is 0 Å². The molecule has 5 heteroatoms. The fraction of sp³-hybridized carbons (Fsp3) is 0.250. The highest BCUT2D eigenvalue weighted by Gasteiger charge is 2.05. The van der Waals surface area contributed by atoms with Gasteiger partial charge >= 0.3 is 0 Å². The summed E-state index contributed by atoms with van der Waals surface area (Å²) in [7, 11) is 0. The third-order valence-corrected chi connectivity index (χ3v) is 2.45. The number of aromatic nitrogens is 3. The summed E-state index contributed by atoms with van der Waals surface area (Å²) in [4.78, 5) is 11.8. The Morgan fingerprint density at radius 1 is 1.29 bits per heavy atom. The molecule has 0 aliphatic rings. The molecule has 0 aliphatic carbocycles. The van der Waals surface area contributed by atoms with E-state index in [0.717, 1.165) is 6.42 Å². The maximum absolute atomic E-state index is 11.8. The molecular formula is C12H13N3O2. The van der Waals surface area contributed by atoms with E-state index in [4.69, 9.17) is 5.11 Å². The molecule has 1 heterocycles. The van der Waals surface area contributed by atoms with Crippen LogP contribution in [0.5, 0.6) is 5.75 Å². The highest BCUT2D eigenvalue weighted by Crippen LogP contribution is 2.12. The van der Waals surface area contributed by atoms with Crippen molar-refractivity contribution in [3.05, 3.63) is 42.2 Å². The Morgan fingerprint density at radius 2 is 2.06 bits per heavy atom. The topological polar surface area (TPSA) is 68.0 Å². The number of carbonyl (C=O) groups excluding carboxylic acids is 1. The van der Waals surface area contributed by atoms with Crippen LogP contribution in [0.25, 0.3) is 0 Å². The van der Waals surface area contributed by atoms with Gasteiger partial charge in [-0.05, 0) is 30.7 Å². The van der Waals surface area contributed by atoms with Crippen LogP contribution in [0.15, 0.2) is 36.7 Å². The molecule has 0 saturated carbocycles. The van der Waals surface area contributed by atoms with Crippen molar-refractivity contribution in [1.29, 1.82) is 0 Å². The molecule has 5 nitrogen and oxygen atoms in total. The Kier molecular flexibility index (Phi) is 3.49. The van der Waals surface area contributed by atoms with Crippen LogP contribution in [-0.4, -0.2) is 25.9 Å². The van der Waals surface area contributed by atoms with Crippen molar-refractivity contribution in [2.75, 3.05) is 0 Å². The minimum absolute atomic E-state index is 0.0742. The molecule has 1 aromatic carbocycles. The van der Waals surface area contributed by atoms with Gasteiger partial charge in [-0.3, -0.25) is 9.48 Å². The molecule has 17 heavy (non-hydrogen) atoms. The summed E-state index contributed by atoms with van der Waals surface area (Å²) >= 11 is 0. The molecule has 0 unspecified atom stereocenters. The van der Waals surface area contributed by atoms with Crippen molar-refractivity contribution in [3.63, 3.8) is 0 Å². The lowest BCUT2D eigenvalue weighted by Gasteiger charge is -2.01. The second-order valence-corrected chi connectivity index (χ2v) is 3.74. The first kappa shape index (κ1) is 11.3. The lowest BCUT2D eigenvalue weighted by atomic mass is 10.1. The van der Waals surface area contributed by atoms with Crippen molar-refractivity contribution in [3.8, 4) is 5.75 Å². The molecule has 0 radical (unpaired) electrons. The molecule has 0 amide bonds. The Hall–Kier alpha value is -2.17. The SMILES string of the molecule is O=C(CCCn1ccnn1)c1ccc(O)cc1. The van der Waals surface area contributed by atoms with E-state index in [1.165, 1.54) is 12.1 Å². The molecule has 1 N–H and O–H groups in total. The summed E-state index contributed by atoms with van der Waals surface area (Å²) in [6, 6.07) is 6.30. The number of Topliss-reactive ketones (excluding diaryl/α,β-unsaturated/α-hetero) is 1. The van der Waals surface area contributed by atoms with Crippen LogP contribution in [0.1, 0.15) is 23.2 Å². The van der Waals surface area contributed by atoms with Gasteiger partial charge in [-0.1, -0.05) is 5.21 Å². The van der Waals surface area contributed by atoms with Crippen molar-refractivity contribution in [1.82, 2.24) is 15.0 Å². The monoisotopic (exact) mass is 231 g/mol. The van der Waals surface area contributed by atoms with Gasteiger partial charge < -0.3 is 5.11 Å². The zero-order chi connectivity index (χ0) is 12.1. The standard InChI is InChI=1S/C12H13N3O2/c16-11-5-3-10(4-6-11)12(17)2-1-8-15-9-7-13-14-15/h3-7,9,16H,1-2,8H2. The van der Waals surface area contributed by atoms with E-state index in [9.17, 15) is 4.79 Å². The predicted octanol–water partition coefficient (Wildman–Crippen LogP) is 1.65. The maximum Gasteiger partial charge on any atom is 0.162 e. The third kappa shape index (κ3) is 3.14. The lowest BCUT2D eigenvalue weighted by molar-refractivity contribution is 0.0978. The number of ketones is 1. The van der Waals surface area contributed by atoms with Gasteiger partial charge in [-0.2, -0.15) is 0 Å². The van der Waals surface area contributed by atoms with Crippen molar-refractivity contribution in [2.24, 2.45) is 0 Å². The van der Waals surface area contributed by atoms with Crippen LogP contribution in [-0.2, 0) is 6.54 Å². The molecule has 0 saturated heterocycles. The number of phenolic OH excluding ortho intramolecular Hbond substituents is 1. The summed E-state index contributed by atoms with van der Waals surface area (Å²) in [6.07, 6.45) is 4.57. The molecular weight excluding hydrogens is 218 g/mol. The summed E-state index contributed by atoms with van der Waals surface area (Å²) in [5, 5.41) is 16.6. The predicted molar refractivity (Wildman–Crippen MR) is 61.7 cm³/mol. The number of carbonyl (C=O) groups is 1. The fourth-order valence-electron chi connectivity index (χ4n) is 1.55. The molecule has 1 aromatic heterocycles. The lowest BCUT2D eigenvalue weighted by Crippen LogP contribution is -2.04.